The Balaban J connectivity index is 1.57. The fourth-order valence-electron chi connectivity index (χ4n) is 3.79. The molecule has 2 heterocycles. The Morgan fingerprint density at radius 1 is 0.833 bits per heavy atom. The number of ether oxygens (including phenoxy) is 1. The van der Waals surface area contributed by atoms with Gasteiger partial charge in [0.2, 0.25) is 5.88 Å². The molecule has 1 saturated heterocycles. The van der Waals surface area contributed by atoms with Gasteiger partial charge in [-0.15, -0.1) is 0 Å². The van der Waals surface area contributed by atoms with E-state index in [1.165, 1.54) is 12.1 Å². The summed E-state index contributed by atoms with van der Waals surface area (Å²) >= 11 is 0. The van der Waals surface area contributed by atoms with E-state index in [0.717, 1.165) is 54.5 Å². The SMILES string of the molecule is COc1ccc(N2CCN(c3ccc(F)cc3)CC2)c(-c2ccc(N(C)C)cc2)n1. The summed E-state index contributed by atoms with van der Waals surface area (Å²) in [5.74, 6) is 0.405. The van der Waals surface area contributed by atoms with Gasteiger partial charge in [-0.1, -0.05) is 12.1 Å². The molecule has 0 unspecified atom stereocenters. The molecule has 0 N–H and O–H groups in total. The van der Waals surface area contributed by atoms with Crippen molar-refractivity contribution >= 4 is 17.1 Å². The number of hydrogen-bond acceptors (Lipinski definition) is 5. The first kappa shape index (κ1) is 20.0. The van der Waals surface area contributed by atoms with Crippen LogP contribution in [0.1, 0.15) is 0 Å². The number of hydrogen-bond donors (Lipinski definition) is 0. The van der Waals surface area contributed by atoms with Crippen molar-refractivity contribution in [3.63, 3.8) is 0 Å². The molecule has 0 saturated carbocycles. The van der Waals surface area contributed by atoms with Gasteiger partial charge < -0.3 is 19.4 Å². The Bertz CT molecular complexity index is 981. The van der Waals surface area contributed by atoms with E-state index < -0.39 is 0 Å². The quantitative estimate of drug-likeness (QED) is 0.631. The lowest BCUT2D eigenvalue weighted by molar-refractivity contribution is 0.398. The first-order valence-corrected chi connectivity index (χ1v) is 10.1. The fraction of sp³-hybridized carbons (Fsp3) is 0.292. The van der Waals surface area contributed by atoms with Gasteiger partial charge in [0.05, 0.1) is 18.5 Å². The normalized spacial score (nSPS) is 14.0. The zero-order valence-electron chi connectivity index (χ0n) is 17.7. The second-order valence-corrected chi connectivity index (χ2v) is 7.61. The van der Waals surface area contributed by atoms with Gasteiger partial charge in [-0.3, -0.25) is 0 Å². The lowest BCUT2D eigenvalue weighted by Crippen LogP contribution is -2.46. The average Bonchev–Trinajstić information content (AvgIpc) is 2.79. The number of pyridine rings is 1. The molecule has 6 heteroatoms. The van der Waals surface area contributed by atoms with E-state index in [2.05, 4.69) is 45.0 Å². The van der Waals surface area contributed by atoms with Crippen LogP contribution in [-0.4, -0.2) is 52.4 Å². The third kappa shape index (κ3) is 4.17. The minimum Gasteiger partial charge on any atom is -0.481 e. The summed E-state index contributed by atoms with van der Waals surface area (Å²) in [6.45, 7) is 3.48. The summed E-state index contributed by atoms with van der Waals surface area (Å²) in [6, 6.07) is 19.2. The highest BCUT2D eigenvalue weighted by Crippen LogP contribution is 2.33. The second-order valence-electron chi connectivity index (χ2n) is 7.61. The molecule has 0 bridgehead atoms. The molecule has 30 heavy (non-hydrogen) atoms. The van der Waals surface area contributed by atoms with E-state index in [1.54, 1.807) is 7.11 Å². The van der Waals surface area contributed by atoms with Gasteiger partial charge in [0.25, 0.3) is 0 Å². The number of benzene rings is 2. The van der Waals surface area contributed by atoms with Crippen molar-refractivity contribution < 1.29 is 9.13 Å². The van der Waals surface area contributed by atoms with Crippen LogP contribution in [0.4, 0.5) is 21.5 Å². The number of piperazine rings is 1. The van der Waals surface area contributed by atoms with Gasteiger partial charge in [0, 0.05) is 63.3 Å². The molecule has 5 nitrogen and oxygen atoms in total. The van der Waals surface area contributed by atoms with Crippen molar-refractivity contribution in [1.29, 1.82) is 0 Å². The fourth-order valence-corrected chi connectivity index (χ4v) is 3.79. The molecule has 2 aromatic carbocycles. The molecular weight excluding hydrogens is 379 g/mol. The molecule has 0 radical (unpaired) electrons. The van der Waals surface area contributed by atoms with Crippen LogP contribution in [0.15, 0.2) is 60.7 Å². The standard InChI is InChI=1S/C24H27FN4O/c1-27(2)20-8-4-18(5-9-20)24-22(12-13-23(26-24)30-3)29-16-14-28(15-17-29)21-10-6-19(25)7-11-21/h4-13H,14-17H2,1-3H3. The van der Waals surface area contributed by atoms with E-state index in [1.807, 2.05) is 32.3 Å². The summed E-state index contributed by atoms with van der Waals surface area (Å²) < 4.78 is 18.6. The monoisotopic (exact) mass is 406 g/mol. The minimum absolute atomic E-state index is 0.202. The van der Waals surface area contributed by atoms with Gasteiger partial charge in [0.15, 0.2) is 0 Å². The summed E-state index contributed by atoms with van der Waals surface area (Å²) in [4.78, 5) is 11.5. The first-order chi connectivity index (χ1) is 14.5. The average molecular weight is 407 g/mol. The van der Waals surface area contributed by atoms with Crippen LogP contribution >= 0.6 is 0 Å². The Morgan fingerprint density at radius 2 is 1.47 bits per heavy atom. The maximum Gasteiger partial charge on any atom is 0.213 e. The largest absolute Gasteiger partial charge is 0.481 e. The topological polar surface area (TPSA) is 31.8 Å². The lowest BCUT2D eigenvalue weighted by atomic mass is 10.1. The summed E-state index contributed by atoms with van der Waals surface area (Å²) in [5.41, 5.74) is 5.30. The van der Waals surface area contributed by atoms with Gasteiger partial charge in [0.1, 0.15) is 5.82 Å². The highest BCUT2D eigenvalue weighted by Gasteiger charge is 2.21. The number of anilines is 3. The van der Waals surface area contributed by atoms with E-state index in [-0.39, 0.29) is 5.82 Å². The minimum atomic E-state index is -0.202. The van der Waals surface area contributed by atoms with Crippen LogP contribution in [0, 0.1) is 5.82 Å². The number of rotatable bonds is 5. The molecule has 0 aliphatic carbocycles. The first-order valence-electron chi connectivity index (χ1n) is 10.1. The van der Waals surface area contributed by atoms with Crippen LogP contribution in [0.5, 0.6) is 5.88 Å². The maximum absolute atomic E-state index is 13.2. The smallest absolute Gasteiger partial charge is 0.213 e. The van der Waals surface area contributed by atoms with Gasteiger partial charge in [-0.25, -0.2) is 9.37 Å². The molecule has 0 atom stereocenters. The maximum atomic E-state index is 13.2. The van der Waals surface area contributed by atoms with Crippen molar-refractivity contribution in [2.75, 3.05) is 62.1 Å². The third-order valence-corrected chi connectivity index (χ3v) is 5.53. The second kappa shape index (κ2) is 8.61. The van der Waals surface area contributed by atoms with Crippen molar-refractivity contribution in [1.82, 2.24) is 4.98 Å². The van der Waals surface area contributed by atoms with Gasteiger partial charge in [-0.05, 0) is 42.5 Å². The lowest BCUT2D eigenvalue weighted by Gasteiger charge is -2.38. The van der Waals surface area contributed by atoms with Crippen LogP contribution in [0.25, 0.3) is 11.3 Å². The summed E-state index contributed by atoms with van der Waals surface area (Å²) in [5, 5.41) is 0. The molecule has 1 aromatic heterocycles. The van der Waals surface area contributed by atoms with E-state index in [0.29, 0.717) is 5.88 Å². The highest BCUT2D eigenvalue weighted by atomic mass is 19.1. The molecule has 1 aliphatic heterocycles. The van der Waals surface area contributed by atoms with E-state index in [9.17, 15) is 4.39 Å². The van der Waals surface area contributed by atoms with Gasteiger partial charge >= 0.3 is 0 Å². The molecule has 3 aromatic rings. The van der Waals surface area contributed by atoms with Crippen molar-refractivity contribution in [3.8, 4) is 17.1 Å². The molecular formula is C24H27FN4O. The third-order valence-electron chi connectivity index (χ3n) is 5.53. The van der Waals surface area contributed by atoms with E-state index >= 15 is 0 Å². The Labute approximate surface area is 177 Å². The predicted octanol–water partition coefficient (Wildman–Crippen LogP) is 4.29. The van der Waals surface area contributed by atoms with Crippen molar-refractivity contribution in [2.45, 2.75) is 0 Å². The van der Waals surface area contributed by atoms with E-state index in [4.69, 9.17) is 9.72 Å². The van der Waals surface area contributed by atoms with Crippen LogP contribution < -0.4 is 19.4 Å². The predicted molar refractivity (Wildman–Crippen MR) is 121 cm³/mol. The van der Waals surface area contributed by atoms with Crippen molar-refractivity contribution in [2.24, 2.45) is 0 Å². The summed E-state index contributed by atoms with van der Waals surface area (Å²) in [7, 11) is 5.71. The highest BCUT2D eigenvalue weighted by molar-refractivity contribution is 5.77. The van der Waals surface area contributed by atoms with Crippen LogP contribution in [0.3, 0.4) is 0 Å². The zero-order valence-corrected chi connectivity index (χ0v) is 17.7. The molecule has 4 rings (SSSR count). The van der Waals surface area contributed by atoms with Crippen LogP contribution in [-0.2, 0) is 0 Å². The van der Waals surface area contributed by atoms with Crippen molar-refractivity contribution in [3.05, 3.63) is 66.5 Å². The number of halogens is 1. The van der Waals surface area contributed by atoms with Crippen LogP contribution in [0.2, 0.25) is 0 Å². The molecule has 156 valence electrons. The molecule has 1 fully saturated rings. The molecule has 1 aliphatic rings. The van der Waals surface area contributed by atoms with Gasteiger partial charge in [-0.2, -0.15) is 0 Å². The Hall–Kier alpha value is -3.28. The molecule has 0 spiro atoms. The Morgan fingerprint density at radius 3 is 2.07 bits per heavy atom. The number of nitrogens with zero attached hydrogens (tertiary/aromatic N) is 4. The zero-order chi connectivity index (χ0) is 21.1. The molecule has 0 amide bonds. The Kier molecular flexibility index (Phi) is 5.74. The number of methoxy groups -OCH3 is 1. The number of aromatic nitrogens is 1. The summed E-state index contributed by atoms with van der Waals surface area (Å²) in [6.07, 6.45) is 0.